The van der Waals surface area contributed by atoms with Gasteiger partial charge in [-0.3, -0.25) is 9.59 Å². The number of nitrogens with zero attached hydrogens (tertiary/aromatic N) is 2. The lowest BCUT2D eigenvalue weighted by Crippen LogP contribution is -2.19. The van der Waals surface area contributed by atoms with Gasteiger partial charge in [-0.1, -0.05) is 48.5 Å². The Kier molecular flexibility index (Phi) is 4.89. The summed E-state index contributed by atoms with van der Waals surface area (Å²) in [5.41, 5.74) is 10.4. The number of hydrazone groups is 1. The molecule has 3 N–H and O–H groups in total. The summed E-state index contributed by atoms with van der Waals surface area (Å²) in [4.78, 5) is 23.1. The number of primary amides is 1. The Labute approximate surface area is 144 Å². The van der Waals surface area contributed by atoms with Crippen molar-refractivity contribution in [2.24, 2.45) is 10.8 Å². The van der Waals surface area contributed by atoms with E-state index in [1.54, 1.807) is 17.0 Å². The topological polar surface area (TPSA) is 89.5 Å². The summed E-state index contributed by atoms with van der Waals surface area (Å²) in [5, 5.41) is 4.96. The molecular weight excluding hydrogens is 316 g/mol. The zero-order chi connectivity index (χ0) is 17.6. The van der Waals surface area contributed by atoms with Crippen molar-refractivity contribution in [3.05, 3.63) is 71.9 Å². The van der Waals surface area contributed by atoms with Gasteiger partial charge in [-0.25, -0.2) is 5.43 Å². The molecule has 3 rings (SSSR count). The van der Waals surface area contributed by atoms with Crippen LogP contribution in [0.15, 0.2) is 65.9 Å². The van der Waals surface area contributed by atoms with E-state index in [0.29, 0.717) is 0 Å². The molecule has 0 radical (unpaired) electrons. The van der Waals surface area contributed by atoms with Gasteiger partial charge in [0, 0.05) is 22.7 Å². The number of amides is 2. The van der Waals surface area contributed by atoms with Crippen LogP contribution in [0.5, 0.6) is 0 Å². The molecule has 0 atom stereocenters. The van der Waals surface area contributed by atoms with Gasteiger partial charge in [0.2, 0.25) is 11.8 Å². The van der Waals surface area contributed by atoms with E-state index in [-0.39, 0.29) is 18.9 Å². The number of carbonyl (C=O) groups is 2. The monoisotopic (exact) mass is 334 g/mol. The van der Waals surface area contributed by atoms with Crippen LogP contribution in [0.1, 0.15) is 11.1 Å². The van der Waals surface area contributed by atoms with Gasteiger partial charge in [0.1, 0.15) is 6.54 Å². The minimum atomic E-state index is -0.416. The molecule has 0 aliphatic carbocycles. The SMILES string of the molecule is NC(=O)Cn1cc(C=NNC(=O)Cc2ccccc2)c2ccccc21. The molecule has 1 heterocycles. The van der Waals surface area contributed by atoms with E-state index in [2.05, 4.69) is 10.5 Å². The normalized spacial score (nSPS) is 11.0. The molecule has 0 aliphatic rings. The van der Waals surface area contributed by atoms with Crippen molar-refractivity contribution < 1.29 is 9.59 Å². The summed E-state index contributed by atoms with van der Waals surface area (Å²) < 4.78 is 1.77. The highest BCUT2D eigenvalue weighted by molar-refractivity contribution is 6.00. The molecule has 0 saturated carbocycles. The van der Waals surface area contributed by atoms with Crippen LogP contribution < -0.4 is 11.2 Å². The summed E-state index contributed by atoms with van der Waals surface area (Å²) in [6, 6.07) is 17.1. The Hall–Kier alpha value is -3.41. The third-order valence-corrected chi connectivity index (χ3v) is 3.75. The summed E-state index contributed by atoms with van der Waals surface area (Å²) >= 11 is 0. The zero-order valence-electron chi connectivity index (χ0n) is 13.6. The molecule has 2 amide bonds. The van der Waals surface area contributed by atoms with Gasteiger partial charge >= 0.3 is 0 Å². The smallest absolute Gasteiger partial charge is 0.244 e. The number of rotatable bonds is 6. The number of carbonyl (C=O) groups excluding carboxylic acids is 2. The average Bonchev–Trinajstić information content (AvgIpc) is 2.93. The molecule has 0 saturated heterocycles. The first kappa shape index (κ1) is 16.4. The lowest BCUT2D eigenvalue weighted by atomic mass is 10.1. The second kappa shape index (κ2) is 7.44. The maximum Gasteiger partial charge on any atom is 0.244 e. The number of hydrogen-bond acceptors (Lipinski definition) is 3. The number of nitrogens with two attached hydrogens (primary N) is 1. The molecular formula is C19H18N4O2. The van der Waals surface area contributed by atoms with E-state index in [0.717, 1.165) is 22.0 Å². The highest BCUT2D eigenvalue weighted by atomic mass is 16.2. The van der Waals surface area contributed by atoms with Crippen molar-refractivity contribution in [1.82, 2.24) is 9.99 Å². The lowest BCUT2D eigenvalue weighted by molar-refractivity contribution is -0.120. The predicted molar refractivity (Wildman–Crippen MR) is 97.0 cm³/mol. The first-order chi connectivity index (χ1) is 12.1. The van der Waals surface area contributed by atoms with E-state index in [1.807, 2.05) is 54.6 Å². The average molecular weight is 334 g/mol. The molecule has 0 spiro atoms. The molecule has 1 aromatic heterocycles. The molecule has 25 heavy (non-hydrogen) atoms. The summed E-state index contributed by atoms with van der Waals surface area (Å²) in [7, 11) is 0. The molecule has 0 aliphatic heterocycles. The van der Waals surface area contributed by atoms with Gasteiger partial charge in [-0.2, -0.15) is 5.10 Å². The number of hydrogen-bond donors (Lipinski definition) is 2. The number of fused-ring (bicyclic) bond motifs is 1. The maximum absolute atomic E-state index is 11.9. The van der Waals surface area contributed by atoms with E-state index in [4.69, 9.17) is 5.73 Å². The van der Waals surface area contributed by atoms with Gasteiger partial charge in [-0.05, 0) is 11.6 Å². The number of para-hydroxylation sites is 1. The fourth-order valence-corrected chi connectivity index (χ4v) is 2.67. The largest absolute Gasteiger partial charge is 0.368 e. The summed E-state index contributed by atoms with van der Waals surface area (Å²) in [6.07, 6.45) is 3.63. The minimum Gasteiger partial charge on any atom is -0.368 e. The van der Waals surface area contributed by atoms with Gasteiger partial charge in [0.05, 0.1) is 12.6 Å². The van der Waals surface area contributed by atoms with E-state index >= 15 is 0 Å². The van der Waals surface area contributed by atoms with Crippen molar-refractivity contribution in [3.63, 3.8) is 0 Å². The Morgan fingerprint density at radius 2 is 1.80 bits per heavy atom. The molecule has 126 valence electrons. The molecule has 6 heteroatoms. The van der Waals surface area contributed by atoms with Crippen LogP contribution in [0.4, 0.5) is 0 Å². The van der Waals surface area contributed by atoms with Crippen molar-refractivity contribution in [2.45, 2.75) is 13.0 Å². The van der Waals surface area contributed by atoms with Gasteiger partial charge in [0.15, 0.2) is 0 Å². The van der Waals surface area contributed by atoms with Crippen LogP contribution in [0, 0.1) is 0 Å². The Balaban J connectivity index is 1.73. The Morgan fingerprint density at radius 3 is 2.56 bits per heavy atom. The van der Waals surface area contributed by atoms with Crippen LogP contribution in [0.25, 0.3) is 10.9 Å². The van der Waals surface area contributed by atoms with Crippen molar-refractivity contribution in [1.29, 1.82) is 0 Å². The van der Waals surface area contributed by atoms with Crippen molar-refractivity contribution >= 4 is 28.9 Å². The second-order valence-electron chi connectivity index (χ2n) is 5.65. The predicted octanol–water partition coefficient (Wildman–Crippen LogP) is 1.82. The summed E-state index contributed by atoms with van der Waals surface area (Å²) in [6.45, 7) is 0.0920. The highest BCUT2D eigenvalue weighted by Gasteiger charge is 2.08. The number of nitrogens with one attached hydrogen (secondary N) is 1. The lowest BCUT2D eigenvalue weighted by Gasteiger charge is -2.00. The van der Waals surface area contributed by atoms with E-state index < -0.39 is 5.91 Å². The van der Waals surface area contributed by atoms with Crippen LogP contribution in [-0.2, 0) is 22.6 Å². The van der Waals surface area contributed by atoms with E-state index in [1.165, 1.54) is 0 Å². The third kappa shape index (κ3) is 4.11. The van der Waals surface area contributed by atoms with Crippen LogP contribution in [0.3, 0.4) is 0 Å². The highest BCUT2D eigenvalue weighted by Crippen LogP contribution is 2.19. The quantitative estimate of drug-likeness (QED) is 0.532. The maximum atomic E-state index is 11.9. The fraction of sp³-hybridized carbons (Fsp3) is 0.105. The van der Waals surface area contributed by atoms with Crippen molar-refractivity contribution in [3.8, 4) is 0 Å². The molecule has 2 aromatic carbocycles. The first-order valence-electron chi connectivity index (χ1n) is 7.85. The first-order valence-corrected chi connectivity index (χ1v) is 7.85. The van der Waals surface area contributed by atoms with Gasteiger partial charge in [-0.15, -0.1) is 0 Å². The van der Waals surface area contributed by atoms with Gasteiger partial charge < -0.3 is 10.3 Å². The fourth-order valence-electron chi connectivity index (χ4n) is 2.67. The number of benzene rings is 2. The van der Waals surface area contributed by atoms with Gasteiger partial charge in [0.25, 0.3) is 0 Å². The Bertz CT molecular complexity index is 929. The van der Waals surface area contributed by atoms with Crippen LogP contribution >= 0.6 is 0 Å². The summed E-state index contributed by atoms with van der Waals surface area (Å²) in [5.74, 6) is -0.608. The van der Waals surface area contributed by atoms with Crippen LogP contribution in [-0.4, -0.2) is 22.6 Å². The van der Waals surface area contributed by atoms with Crippen molar-refractivity contribution in [2.75, 3.05) is 0 Å². The third-order valence-electron chi connectivity index (χ3n) is 3.75. The zero-order valence-corrected chi connectivity index (χ0v) is 13.6. The van der Waals surface area contributed by atoms with E-state index in [9.17, 15) is 9.59 Å². The molecule has 0 unspecified atom stereocenters. The second-order valence-corrected chi connectivity index (χ2v) is 5.65. The Morgan fingerprint density at radius 1 is 1.08 bits per heavy atom. The molecule has 3 aromatic rings. The standard InChI is InChI=1S/C19H18N4O2/c20-18(24)13-23-12-15(16-8-4-5-9-17(16)23)11-21-22-19(25)10-14-6-2-1-3-7-14/h1-9,11-12H,10,13H2,(H2,20,24)(H,22,25). The molecule has 0 bridgehead atoms. The molecule has 0 fully saturated rings. The minimum absolute atomic E-state index is 0.0920. The molecule has 6 nitrogen and oxygen atoms in total. The van der Waals surface area contributed by atoms with Crippen LogP contribution in [0.2, 0.25) is 0 Å². The number of aromatic nitrogens is 1.